The minimum absolute atomic E-state index is 0.0270. The monoisotopic (exact) mass is 374 g/mol. The van der Waals surface area contributed by atoms with Crippen LogP contribution in [0.5, 0.6) is 11.5 Å². The number of hydrogen-bond donors (Lipinski definition) is 1. The zero-order chi connectivity index (χ0) is 18.4. The Bertz CT molecular complexity index is 752. The first-order chi connectivity index (χ1) is 12.7. The van der Waals surface area contributed by atoms with Crippen LogP contribution in [0.25, 0.3) is 0 Å². The molecule has 0 atom stereocenters. The fourth-order valence-electron chi connectivity index (χ4n) is 2.98. The van der Waals surface area contributed by atoms with Crippen LogP contribution >= 0.6 is 11.6 Å². The molecule has 0 bridgehead atoms. The van der Waals surface area contributed by atoms with Crippen LogP contribution in [0.4, 0.5) is 0 Å². The van der Waals surface area contributed by atoms with Gasteiger partial charge in [0.2, 0.25) is 5.91 Å². The molecule has 138 valence electrons. The first-order valence-corrected chi connectivity index (χ1v) is 9.15. The molecule has 1 heterocycles. The van der Waals surface area contributed by atoms with Crippen molar-refractivity contribution < 1.29 is 14.3 Å². The van der Waals surface area contributed by atoms with Gasteiger partial charge >= 0.3 is 0 Å². The number of nitrogens with zero attached hydrogens (tertiary/aromatic N) is 1. The molecule has 0 aliphatic carbocycles. The van der Waals surface area contributed by atoms with Crippen LogP contribution in [0.2, 0.25) is 5.02 Å². The van der Waals surface area contributed by atoms with Crippen molar-refractivity contribution in [1.82, 2.24) is 4.90 Å². The van der Waals surface area contributed by atoms with Gasteiger partial charge in [0, 0.05) is 19.6 Å². The summed E-state index contributed by atoms with van der Waals surface area (Å²) in [7, 11) is 0. The Balaban J connectivity index is 1.66. The normalized spacial score (nSPS) is 12.7. The third-order valence-corrected chi connectivity index (χ3v) is 4.56. The number of hydrogen-bond acceptors (Lipinski definition) is 4. The summed E-state index contributed by atoms with van der Waals surface area (Å²) in [6.45, 7) is 2.57. The van der Waals surface area contributed by atoms with E-state index < -0.39 is 0 Å². The van der Waals surface area contributed by atoms with Crippen LogP contribution in [-0.4, -0.2) is 43.7 Å². The summed E-state index contributed by atoms with van der Waals surface area (Å²) >= 11 is 6.26. The number of ether oxygens (including phenoxy) is 2. The Kier molecular flexibility index (Phi) is 6.36. The highest BCUT2D eigenvalue weighted by atomic mass is 35.5. The summed E-state index contributed by atoms with van der Waals surface area (Å²) in [4.78, 5) is 14.6. The standard InChI is InChI=1S/C20H23ClN2O3/c21-17-12-16(13-18-20(17)26-11-10-25-18)14-19(24)23(9-7-22)8-6-15-4-2-1-3-5-15/h1-5,12-13H,6-11,14,22H2. The molecule has 0 spiro atoms. The van der Waals surface area contributed by atoms with Gasteiger partial charge in [0.15, 0.2) is 11.5 Å². The summed E-state index contributed by atoms with van der Waals surface area (Å²) in [5.41, 5.74) is 7.70. The number of nitrogens with two attached hydrogens (primary N) is 1. The quantitative estimate of drug-likeness (QED) is 0.809. The molecule has 5 nitrogen and oxygen atoms in total. The van der Waals surface area contributed by atoms with E-state index in [1.54, 1.807) is 11.0 Å². The molecule has 1 aliphatic heterocycles. The lowest BCUT2D eigenvalue weighted by atomic mass is 10.1. The molecule has 0 saturated carbocycles. The lowest BCUT2D eigenvalue weighted by molar-refractivity contribution is -0.130. The van der Waals surface area contributed by atoms with Gasteiger partial charge in [-0.05, 0) is 29.7 Å². The maximum Gasteiger partial charge on any atom is 0.227 e. The van der Waals surface area contributed by atoms with Crippen molar-refractivity contribution in [3.8, 4) is 11.5 Å². The molecule has 0 aromatic heterocycles. The second kappa shape index (κ2) is 8.92. The molecule has 2 aromatic carbocycles. The Morgan fingerprint density at radius 3 is 2.62 bits per heavy atom. The largest absolute Gasteiger partial charge is 0.486 e. The number of rotatable bonds is 7. The Morgan fingerprint density at radius 1 is 1.08 bits per heavy atom. The minimum atomic E-state index is 0.0270. The highest BCUT2D eigenvalue weighted by Gasteiger charge is 2.19. The molecule has 0 fully saturated rings. The summed E-state index contributed by atoms with van der Waals surface area (Å²) in [5.74, 6) is 1.18. The third kappa shape index (κ3) is 4.68. The number of carbonyl (C=O) groups excluding carboxylic acids is 1. The topological polar surface area (TPSA) is 64.8 Å². The van der Waals surface area contributed by atoms with E-state index in [1.807, 2.05) is 24.3 Å². The van der Waals surface area contributed by atoms with Gasteiger partial charge in [-0.15, -0.1) is 0 Å². The van der Waals surface area contributed by atoms with Crippen LogP contribution in [-0.2, 0) is 17.6 Å². The first-order valence-electron chi connectivity index (χ1n) is 8.77. The van der Waals surface area contributed by atoms with Crippen LogP contribution < -0.4 is 15.2 Å². The summed E-state index contributed by atoms with van der Waals surface area (Å²) < 4.78 is 11.1. The zero-order valence-electron chi connectivity index (χ0n) is 14.6. The van der Waals surface area contributed by atoms with Gasteiger partial charge in [-0.25, -0.2) is 0 Å². The molecule has 26 heavy (non-hydrogen) atoms. The van der Waals surface area contributed by atoms with Gasteiger partial charge in [0.05, 0.1) is 11.4 Å². The van der Waals surface area contributed by atoms with Crippen molar-refractivity contribution in [3.05, 3.63) is 58.6 Å². The van der Waals surface area contributed by atoms with E-state index in [9.17, 15) is 4.79 Å². The smallest absolute Gasteiger partial charge is 0.227 e. The Labute approximate surface area is 158 Å². The van der Waals surface area contributed by atoms with E-state index in [-0.39, 0.29) is 12.3 Å². The first kappa shape index (κ1) is 18.5. The average Bonchev–Trinajstić information content (AvgIpc) is 2.66. The van der Waals surface area contributed by atoms with Crippen molar-refractivity contribution in [2.45, 2.75) is 12.8 Å². The summed E-state index contributed by atoms with van der Waals surface area (Å²) in [5, 5.41) is 0.472. The van der Waals surface area contributed by atoms with E-state index >= 15 is 0 Å². The molecule has 2 N–H and O–H groups in total. The van der Waals surface area contributed by atoms with E-state index in [1.165, 1.54) is 5.56 Å². The molecule has 6 heteroatoms. The van der Waals surface area contributed by atoms with Crippen LogP contribution in [0.3, 0.4) is 0 Å². The van der Waals surface area contributed by atoms with Crippen molar-refractivity contribution in [3.63, 3.8) is 0 Å². The van der Waals surface area contributed by atoms with Gasteiger partial charge in [0.25, 0.3) is 0 Å². The molecule has 1 amide bonds. The fourth-order valence-corrected chi connectivity index (χ4v) is 3.27. The van der Waals surface area contributed by atoms with Gasteiger partial charge in [-0.3, -0.25) is 4.79 Å². The number of amides is 1. The lowest BCUT2D eigenvalue weighted by Crippen LogP contribution is -2.37. The number of fused-ring (bicyclic) bond motifs is 1. The third-order valence-electron chi connectivity index (χ3n) is 4.28. The Hall–Kier alpha value is -2.24. The van der Waals surface area contributed by atoms with Gasteiger partial charge in [-0.2, -0.15) is 0 Å². The van der Waals surface area contributed by atoms with Gasteiger partial charge in [0.1, 0.15) is 13.2 Å². The van der Waals surface area contributed by atoms with Crippen molar-refractivity contribution in [2.24, 2.45) is 5.73 Å². The highest BCUT2D eigenvalue weighted by molar-refractivity contribution is 6.32. The van der Waals surface area contributed by atoms with E-state index in [4.69, 9.17) is 26.8 Å². The Morgan fingerprint density at radius 2 is 1.85 bits per heavy atom. The molecule has 0 radical (unpaired) electrons. The summed E-state index contributed by atoms with van der Waals surface area (Å²) in [6, 6.07) is 13.7. The fraction of sp³-hybridized carbons (Fsp3) is 0.350. The number of carbonyl (C=O) groups is 1. The highest BCUT2D eigenvalue weighted by Crippen LogP contribution is 2.38. The number of benzene rings is 2. The van der Waals surface area contributed by atoms with E-state index in [2.05, 4.69) is 12.1 Å². The van der Waals surface area contributed by atoms with Gasteiger partial charge < -0.3 is 20.1 Å². The van der Waals surface area contributed by atoms with E-state index in [0.29, 0.717) is 49.4 Å². The molecule has 0 unspecified atom stereocenters. The van der Waals surface area contributed by atoms with Crippen molar-refractivity contribution >= 4 is 17.5 Å². The summed E-state index contributed by atoms with van der Waals surface area (Å²) in [6.07, 6.45) is 1.06. The van der Waals surface area contributed by atoms with Crippen LogP contribution in [0, 0.1) is 0 Å². The van der Waals surface area contributed by atoms with Crippen LogP contribution in [0.1, 0.15) is 11.1 Å². The van der Waals surface area contributed by atoms with Crippen molar-refractivity contribution in [1.29, 1.82) is 0 Å². The van der Waals surface area contributed by atoms with E-state index in [0.717, 1.165) is 12.0 Å². The SMILES string of the molecule is NCCN(CCc1ccccc1)C(=O)Cc1cc(Cl)c2c(c1)OCCO2. The molecule has 1 aliphatic rings. The maximum absolute atomic E-state index is 12.8. The predicted octanol–water partition coefficient (Wildman–Crippen LogP) is 2.68. The predicted molar refractivity (Wildman–Crippen MR) is 102 cm³/mol. The molecular weight excluding hydrogens is 352 g/mol. The van der Waals surface area contributed by atoms with Crippen LogP contribution in [0.15, 0.2) is 42.5 Å². The molecule has 3 rings (SSSR count). The zero-order valence-corrected chi connectivity index (χ0v) is 15.4. The van der Waals surface area contributed by atoms with Crippen molar-refractivity contribution in [2.75, 3.05) is 32.8 Å². The minimum Gasteiger partial charge on any atom is -0.486 e. The second-order valence-electron chi connectivity index (χ2n) is 6.18. The van der Waals surface area contributed by atoms with Gasteiger partial charge in [-0.1, -0.05) is 41.9 Å². The average molecular weight is 375 g/mol. The lowest BCUT2D eigenvalue weighted by Gasteiger charge is -2.23. The maximum atomic E-state index is 12.8. The second-order valence-corrected chi connectivity index (χ2v) is 6.59. The molecule has 0 saturated heterocycles. The molecular formula is C20H23ClN2O3. The molecule has 2 aromatic rings. The number of halogens is 1.